The van der Waals surface area contributed by atoms with Gasteiger partial charge >= 0.3 is 0 Å². The number of aryl methyl sites for hydroxylation is 1. The van der Waals surface area contributed by atoms with Crippen LogP contribution in [-0.4, -0.2) is 35.8 Å². The van der Waals surface area contributed by atoms with Crippen LogP contribution in [0.5, 0.6) is 0 Å². The number of benzene rings is 3. The fourth-order valence-corrected chi connectivity index (χ4v) is 3.92. The van der Waals surface area contributed by atoms with E-state index in [1.54, 1.807) is 39.9 Å². The Kier molecular flexibility index (Phi) is 5.40. The predicted octanol–water partition coefficient (Wildman–Crippen LogP) is 3.53. The molecule has 0 radical (unpaired) electrons. The Morgan fingerprint density at radius 3 is 2.58 bits per heavy atom. The summed E-state index contributed by atoms with van der Waals surface area (Å²) in [5, 5.41) is 8.83. The summed E-state index contributed by atoms with van der Waals surface area (Å²) < 4.78 is 1.79. The largest absolute Gasteiger partial charge is 0.327 e. The first-order valence-corrected chi connectivity index (χ1v) is 10.8. The van der Waals surface area contributed by atoms with Gasteiger partial charge in [-0.3, -0.25) is 9.59 Å². The second kappa shape index (κ2) is 8.66. The summed E-state index contributed by atoms with van der Waals surface area (Å²) in [7, 11) is 0. The number of hydrogen-bond donors (Lipinski definition) is 1. The number of hydrogen-bond acceptors (Lipinski definition) is 5. The zero-order valence-electron chi connectivity index (χ0n) is 18.1. The zero-order chi connectivity index (χ0) is 22.8. The molecule has 5 rings (SSSR count). The molecular weight excluding hydrogens is 416 g/mol. The van der Waals surface area contributed by atoms with Crippen molar-refractivity contribution >= 4 is 27.8 Å². The van der Waals surface area contributed by atoms with Gasteiger partial charge in [-0.15, -0.1) is 5.10 Å². The van der Waals surface area contributed by atoms with Crippen molar-refractivity contribution in [2.24, 2.45) is 0 Å². The van der Waals surface area contributed by atoms with Crippen molar-refractivity contribution in [3.63, 3.8) is 0 Å². The number of H-pyrrole nitrogens is 1. The van der Waals surface area contributed by atoms with E-state index in [1.807, 2.05) is 49.4 Å². The van der Waals surface area contributed by atoms with Crippen molar-refractivity contribution in [2.45, 2.75) is 26.6 Å². The number of aromatic nitrogens is 5. The predicted molar refractivity (Wildman–Crippen MR) is 126 cm³/mol. The van der Waals surface area contributed by atoms with Crippen LogP contribution >= 0.6 is 0 Å². The molecule has 2 aromatic heterocycles. The number of fused-ring (bicyclic) bond motifs is 2. The van der Waals surface area contributed by atoms with Gasteiger partial charge in [0.05, 0.1) is 23.0 Å². The molecule has 0 saturated heterocycles. The lowest BCUT2D eigenvalue weighted by Gasteiger charge is -2.22. The number of nitrogens with one attached hydrogen (secondary N) is 1. The number of amides is 1. The maximum atomic E-state index is 13.6. The summed E-state index contributed by atoms with van der Waals surface area (Å²) in [6.07, 6.45) is 0. The Bertz CT molecular complexity index is 1510. The Hall–Kier alpha value is -4.33. The normalized spacial score (nSPS) is 11.2. The lowest BCUT2D eigenvalue weighted by molar-refractivity contribution is 0.0725. The first kappa shape index (κ1) is 20.6. The van der Waals surface area contributed by atoms with Crippen LogP contribution in [0.15, 0.2) is 77.6 Å². The lowest BCUT2D eigenvalue weighted by atomic mass is 10.1. The fourth-order valence-electron chi connectivity index (χ4n) is 3.92. The highest BCUT2D eigenvalue weighted by Crippen LogP contribution is 2.18. The van der Waals surface area contributed by atoms with Crippen molar-refractivity contribution in [1.82, 2.24) is 29.9 Å². The number of aromatic amines is 1. The molecule has 1 amide bonds. The van der Waals surface area contributed by atoms with E-state index in [-0.39, 0.29) is 18.0 Å². The first-order valence-electron chi connectivity index (χ1n) is 10.8. The average molecular weight is 438 g/mol. The summed E-state index contributed by atoms with van der Waals surface area (Å²) >= 11 is 0. The maximum Gasteiger partial charge on any atom is 0.258 e. The van der Waals surface area contributed by atoms with Crippen LogP contribution in [0, 0.1) is 0 Å². The molecule has 0 aliphatic carbocycles. The minimum atomic E-state index is -0.222. The van der Waals surface area contributed by atoms with Gasteiger partial charge in [-0.05, 0) is 42.8 Å². The molecule has 2 heterocycles. The Labute approximate surface area is 189 Å². The highest BCUT2D eigenvalue weighted by atomic mass is 16.2. The van der Waals surface area contributed by atoms with Gasteiger partial charge in [-0.25, -0.2) is 9.67 Å². The molecule has 0 saturated carbocycles. The molecule has 0 atom stereocenters. The van der Waals surface area contributed by atoms with Gasteiger partial charge < -0.3 is 9.88 Å². The fraction of sp³-hybridized carbons (Fsp3) is 0.160. The molecule has 0 bridgehead atoms. The van der Waals surface area contributed by atoms with E-state index in [0.717, 1.165) is 11.1 Å². The van der Waals surface area contributed by atoms with Gasteiger partial charge in [0, 0.05) is 18.7 Å². The van der Waals surface area contributed by atoms with E-state index in [1.165, 1.54) is 0 Å². The second-order valence-corrected chi connectivity index (χ2v) is 7.79. The van der Waals surface area contributed by atoms with Crippen LogP contribution < -0.4 is 5.56 Å². The van der Waals surface area contributed by atoms with Crippen LogP contribution in [0.2, 0.25) is 0 Å². The van der Waals surface area contributed by atoms with Gasteiger partial charge in [0.15, 0.2) is 0 Å². The number of para-hydroxylation sites is 1. The molecule has 3 aromatic carbocycles. The molecule has 8 nitrogen and oxygen atoms in total. The summed E-state index contributed by atoms with van der Waals surface area (Å²) in [6.45, 7) is 3.22. The summed E-state index contributed by atoms with van der Waals surface area (Å²) in [4.78, 5) is 35.2. The van der Waals surface area contributed by atoms with Crippen LogP contribution in [0.4, 0.5) is 0 Å². The molecule has 164 valence electrons. The van der Waals surface area contributed by atoms with E-state index in [4.69, 9.17) is 0 Å². The molecule has 0 unspecified atom stereocenters. The van der Waals surface area contributed by atoms with E-state index < -0.39 is 0 Å². The lowest BCUT2D eigenvalue weighted by Crippen LogP contribution is -2.31. The molecule has 33 heavy (non-hydrogen) atoms. The topological polar surface area (TPSA) is 96.8 Å². The minimum Gasteiger partial charge on any atom is -0.327 e. The molecule has 1 N–H and O–H groups in total. The van der Waals surface area contributed by atoms with Gasteiger partial charge in [-0.1, -0.05) is 47.7 Å². The Balaban J connectivity index is 1.51. The molecule has 0 aliphatic heterocycles. The zero-order valence-corrected chi connectivity index (χ0v) is 18.1. The number of rotatable bonds is 6. The highest BCUT2D eigenvalue weighted by Gasteiger charge is 2.20. The first-order chi connectivity index (χ1) is 16.1. The Morgan fingerprint density at radius 1 is 0.970 bits per heavy atom. The Morgan fingerprint density at radius 2 is 1.76 bits per heavy atom. The average Bonchev–Trinajstić information content (AvgIpc) is 3.26. The third-order valence-electron chi connectivity index (χ3n) is 5.57. The highest BCUT2D eigenvalue weighted by molar-refractivity contribution is 5.97. The van der Waals surface area contributed by atoms with Crippen LogP contribution in [0.1, 0.15) is 28.7 Å². The SMILES string of the molecule is CCn1nnc2cc(C(=O)N(Cc3ccccc3)Cc3nc4ccccc4c(=O)[nH]3)ccc21. The van der Waals surface area contributed by atoms with E-state index in [0.29, 0.717) is 40.9 Å². The van der Waals surface area contributed by atoms with Crippen molar-refractivity contribution in [2.75, 3.05) is 0 Å². The minimum absolute atomic E-state index is 0.160. The standard InChI is InChI=1S/C25H22N6O2/c1-2-31-22-13-12-18(14-21(22)28-29-31)25(33)30(15-17-8-4-3-5-9-17)16-23-26-20-11-7-6-10-19(20)24(32)27-23/h3-14H,2,15-16H2,1H3,(H,26,27,32). The maximum absolute atomic E-state index is 13.6. The van der Waals surface area contributed by atoms with Crippen LogP contribution in [0.3, 0.4) is 0 Å². The smallest absolute Gasteiger partial charge is 0.258 e. The van der Waals surface area contributed by atoms with Crippen molar-refractivity contribution in [1.29, 1.82) is 0 Å². The molecule has 0 spiro atoms. The van der Waals surface area contributed by atoms with Gasteiger partial charge in [0.1, 0.15) is 11.3 Å². The quantitative estimate of drug-likeness (QED) is 0.437. The van der Waals surface area contributed by atoms with Crippen LogP contribution in [-0.2, 0) is 19.6 Å². The van der Waals surface area contributed by atoms with E-state index in [9.17, 15) is 9.59 Å². The molecule has 0 fully saturated rings. The van der Waals surface area contributed by atoms with Crippen molar-refractivity contribution in [3.8, 4) is 0 Å². The van der Waals surface area contributed by atoms with Crippen molar-refractivity contribution in [3.05, 3.63) is 100 Å². The van der Waals surface area contributed by atoms with E-state index >= 15 is 0 Å². The summed E-state index contributed by atoms with van der Waals surface area (Å²) in [6, 6.07) is 22.3. The number of nitrogens with zero attached hydrogens (tertiary/aromatic N) is 5. The summed E-state index contributed by atoms with van der Waals surface area (Å²) in [5.41, 5.74) is 3.40. The van der Waals surface area contributed by atoms with Gasteiger partial charge in [-0.2, -0.15) is 0 Å². The molecule has 8 heteroatoms. The van der Waals surface area contributed by atoms with Crippen molar-refractivity contribution < 1.29 is 4.79 Å². The van der Waals surface area contributed by atoms with Gasteiger partial charge in [0.2, 0.25) is 0 Å². The summed E-state index contributed by atoms with van der Waals surface area (Å²) in [5.74, 6) is 0.253. The van der Waals surface area contributed by atoms with Crippen LogP contribution in [0.25, 0.3) is 21.9 Å². The number of carbonyl (C=O) groups is 1. The van der Waals surface area contributed by atoms with Gasteiger partial charge in [0.25, 0.3) is 11.5 Å². The third kappa shape index (κ3) is 4.10. The van der Waals surface area contributed by atoms with E-state index in [2.05, 4.69) is 20.3 Å². The monoisotopic (exact) mass is 438 g/mol. The molecule has 5 aromatic rings. The second-order valence-electron chi connectivity index (χ2n) is 7.79. The molecular formula is C25H22N6O2. The third-order valence-corrected chi connectivity index (χ3v) is 5.57. The number of carbonyl (C=O) groups excluding carboxylic acids is 1. The molecule has 0 aliphatic rings.